The summed E-state index contributed by atoms with van der Waals surface area (Å²) in [6.45, 7) is 4.68. The van der Waals surface area contributed by atoms with Crippen molar-refractivity contribution in [2.45, 2.75) is 19.3 Å². The molecule has 1 aliphatic carbocycles. The van der Waals surface area contributed by atoms with E-state index in [2.05, 4.69) is 164 Å². The predicted octanol–water partition coefficient (Wildman–Crippen LogP) is 12.8. The molecule has 0 radical (unpaired) electrons. The Kier molecular flexibility index (Phi) is 6.27. The highest BCUT2D eigenvalue weighted by atomic mass is 16.3. The number of para-hydroxylation sites is 3. The minimum atomic E-state index is -0.101. The summed E-state index contributed by atoms with van der Waals surface area (Å²) < 4.78 is 8.88. The fraction of sp³-hybridized carbons (Fsp3) is 0.0612. The quantitative estimate of drug-likeness (QED) is 0.186. The Morgan fingerprint density at radius 3 is 2.02 bits per heavy atom. The maximum absolute atomic E-state index is 6.56. The maximum atomic E-state index is 6.56. The van der Waals surface area contributed by atoms with Gasteiger partial charge in [-0.05, 0) is 63.7 Å². The molecule has 4 nitrogen and oxygen atoms in total. The van der Waals surface area contributed by atoms with Crippen molar-refractivity contribution < 1.29 is 4.42 Å². The Balaban J connectivity index is 1.19. The van der Waals surface area contributed by atoms with E-state index in [4.69, 9.17) is 14.4 Å². The highest BCUT2D eigenvalue weighted by molar-refractivity contribution is 6.12. The molecule has 7 aromatic carbocycles. The zero-order valence-corrected chi connectivity index (χ0v) is 29.3. The number of furan rings is 1. The Bertz CT molecular complexity index is 3080. The molecule has 3 heterocycles. The topological polar surface area (TPSA) is 43.9 Å². The van der Waals surface area contributed by atoms with Crippen molar-refractivity contribution in [3.63, 3.8) is 0 Å². The van der Waals surface area contributed by atoms with Gasteiger partial charge < -0.3 is 4.42 Å². The second-order valence-electron chi connectivity index (χ2n) is 14.6. The number of benzene rings is 7. The van der Waals surface area contributed by atoms with Crippen molar-refractivity contribution in [3.05, 3.63) is 175 Å². The fourth-order valence-electron chi connectivity index (χ4n) is 8.62. The van der Waals surface area contributed by atoms with E-state index in [9.17, 15) is 0 Å². The second-order valence-corrected chi connectivity index (χ2v) is 14.6. The highest BCUT2D eigenvalue weighted by Crippen LogP contribution is 2.51. The Morgan fingerprint density at radius 1 is 0.472 bits per heavy atom. The minimum absolute atomic E-state index is 0.101. The minimum Gasteiger partial charge on any atom is -0.455 e. The van der Waals surface area contributed by atoms with E-state index in [-0.39, 0.29) is 5.41 Å². The zero-order chi connectivity index (χ0) is 35.3. The number of hydrogen-bond acceptors (Lipinski definition) is 3. The average Bonchev–Trinajstić information content (AvgIpc) is 3.83. The summed E-state index contributed by atoms with van der Waals surface area (Å²) in [5.74, 6) is 1.46. The Labute approximate surface area is 306 Å². The van der Waals surface area contributed by atoms with Crippen LogP contribution in [0, 0.1) is 0 Å². The molecule has 0 bridgehead atoms. The van der Waals surface area contributed by atoms with Gasteiger partial charge in [0, 0.05) is 44.2 Å². The number of aromatic nitrogens is 3. The van der Waals surface area contributed by atoms with Gasteiger partial charge in [0.25, 0.3) is 0 Å². The lowest BCUT2D eigenvalue weighted by molar-refractivity contribution is 0.661. The first-order valence-corrected chi connectivity index (χ1v) is 18.2. The molecule has 53 heavy (non-hydrogen) atoms. The summed E-state index contributed by atoms with van der Waals surface area (Å²) in [6, 6.07) is 58.0. The van der Waals surface area contributed by atoms with Gasteiger partial charge in [-0.15, -0.1) is 0 Å². The van der Waals surface area contributed by atoms with Crippen molar-refractivity contribution >= 4 is 43.7 Å². The van der Waals surface area contributed by atoms with Gasteiger partial charge in [-0.3, -0.25) is 4.57 Å². The monoisotopic (exact) mass is 679 g/mol. The summed E-state index contributed by atoms with van der Waals surface area (Å²) in [4.78, 5) is 10.7. The zero-order valence-electron chi connectivity index (χ0n) is 29.3. The van der Waals surface area contributed by atoms with Crippen LogP contribution < -0.4 is 0 Å². The van der Waals surface area contributed by atoms with Gasteiger partial charge >= 0.3 is 0 Å². The van der Waals surface area contributed by atoms with Crippen molar-refractivity contribution in [2.24, 2.45) is 0 Å². The first-order valence-electron chi connectivity index (χ1n) is 18.2. The van der Waals surface area contributed by atoms with Crippen molar-refractivity contribution in [1.29, 1.82) is 0 Å². The van der Waals surface area contributed by atoms with Gasteiger partial charge in [0.2, 0.25) is 0 Å². The summed E-state index contributed by atoms with van der Waals surface area (Å²) in [6.07, 6.45) is 0. The molecule has 0 saturated heterocycles. The van der Waals surface area contributed by atoms with E-state index in [1.807, 2.05) is 18.2 Å². The van der Waals surface area contributed by atoms with E-state index in [0.29, 0.717) is 5.82 Å². The van der Waals surface area contributed by atoms with Crippen LogP contribution >= 0.6 is 0 Å². The third kappa shape index (κ3) is 4.42. The molecule has 3 aromatic heterocycles. The lowest BCUT2D eigenvalue weighted by Crippen LogP contribution is -2.14. The van der Waals surface area contributed by atoms with Crippen LogP contribution in [0.5, 0.6) is 0 Å². The Hall–Kier alpha value is -6.78. The average molecular weight is 680 g/mol. The van der Waals surface area contributed by atoms with Crippen LogP contribution in [0.3, 0.4) is 0 Å². The number of hydrogen-bond donors (Lipinski definition) is 0. The van der Waals surface area contributed by atoms with Gasteiger partial charge in [0.05, 0.1) is 16.7 Å². The molecule has 1 aliphatic rings. The van der Waals surface area contributed by atoms with Gasteiger partial charge in [-0.2, -0.15) is 0 Å². The molecule has 250 valence electrons. The number of rotatable bonds is 4. The summed E-state index contributed by atoms with van der Waals surface area (Å²) in [7, 11) is 0. The molecule has 0 atom stereocenters. The molecular formula is C49H33N3O. The molecule has 0 spiro atoms. The van der Waals surface area contributed by atoms with E-state index >= 15 is 0 Å². The highest BCUT2D eigenvalue weighted by Gasteiger charge is 2.36. The van der Waals surface area contributed by atoms with Crippen LogP contribution in [0.2, 0.25) is 0 Å². The van der Waals surface area contributed by atoms with Crippen molar-refractivity contribution in [2.75, 3.05) is 0 Å². The standard InChI is InChI=1S/C49H33N3O/c1-49(2)40-20-9-6-15-33(40)38-28-44-39(27-41(38)49)34-16-7-10-21-43(34)52(44)46-29-42(37-19-12-18-36-35-17-8-11-22-45(35)53-47(36)37)50-48(51-46)32-25-23-31(24-26-32)30-13-4-3-5-14-30/h3-29H,1-2H3. The van der Waals surface area contributed by atoms with Crippen LogP contribution in [0.15, 0.2) is 168 Å². The third-order valence-electron chi connectivity index (χ3n) is 11.2. The molecule has 0 N–H and O–H groups in total. The summed E-state index contributed by atoms with van der Waals surface area (Å²) in [5, 5.41) is 4.58. The molecule has 10 aromatic rings. The molecule has 4 heteroatoms. The first kappa shape index (κ1) is 29.9. The normalized spacial score (nSPS) is 13.2. The van der Waals surface area contributed by atoms with Gasteiger partial charge in [-0.25, -0.2) is 9.97 Å². The molecule has 0 unspecified atom stereocenters. The molecule has 0 fully saturated rings. The molecule has 0 aliphatic heterocycles. The predicted molar refractivity (Wildman–Crippen MR) is 218 cm³/mol. The van der Waals surface area contributed by atoms with Crippen LogP contribution in [0.4, 0.5) is 0 Å². The van der Waals surface area contributed by atoms with Crippen LogP contribution in [0.1, 0.15) is 25.0 Å². The maximum Gasteiger partial charge on any atom is 0.162 e. The van der Waals surface area contributed by atoms with E-state index < -0.39 is 0 Å². The SMILES string of the molecule is CC1(C)c2ccccc2-c2cc3c(cc21)c1ccccc1n3-c1cc(-c2cccc3c2oc2ccccc23)nc(-c2ccc(-c3ccccc3)cc2)n1. The van der Waals surface area contributed by atoms with E-state index in [1.165, 1.54) is 38.6 Å². The molecule has 11 rings (SSSR count). The fourth-order valence-corrected chi connectivity index (χ4v) is 8.62. The van der Waals surface area contributed by atoms with E-state index in [1.54, 1.807) is 0 Å². The summed E-state index contributed by atoms with van der Waals surface area (Å²) >= 11 is 0. The molecule has 0 saturated carbocycles. The van der Waals surface area contributed by atoms with Gasteiger partial charge in [0.1, 0.15) is 17.0 Å². The first-order chi connectivity index (χ1) is 26.0. The second kappa shape index (κ2) is 11.1. The molecular weight excluding hydrogens is 647 g/mol. The lowest BCUT2D eigenvalue weighted by Gasteiger charge is -2.21. The third-order valence-corrected chi connectivity index (χ3v) is 11.2. The van der Waals surface area contributed by atoms with Crippen molar-refractivity contribution in [1.82, 2.24) is 14.5 Å². The smallest absolute Gasteiger partial charge is 0.162 e. The van der Waals surface area contributed by atoms with Crippen LogP contribution in [-0.2, 0) is 5.41 Å². The largest absolute Gasteiger partial charge is 0.455 e. The van der Waals surface area contributed by atoms with Crippen LogP contribution in [0.25, 0.3) is 94.5 Å². The van der Waals surface area contributed by atoms with Gasteiger partial charge in [-0.1, -0.05) is 141 Å². The van der Waals surface area contributed by atoms with Crippen molar-refractivity contribution in [3.8, 4) is 50.7 Å². The summed E-state index contributed by atoms with van der Waals surface area (Å²) in [5.41, 5.74) is 14.1. The number of fused-ring (bicyclic) bond motifs is 9. The van der Waals surface area contributed by atoms with E-state index in [0.717, 1.165) is 61.2 Å². The number of nitrogens with zero attached hydrogens (tertiary/aromatic N) is 3. The molecule has 0 amide bonds. The lowest BCUT2D eigenvalue weighted by atomic mass is 9.82. The Morgan fingerprint density at radius 2 is 1.15 bits per heavy atom. The van der Waals surface area contributed by atoms with Gasteiger partial charge in [0.15, 0.2) is 5.82 Å². The van der Waals surface area contributed by atoms with Crippen LogP contribution in [-0.4, -0.2) is 14.5 Å².